The lowest BCUT2D eigenvalue weighted by molar-refractivity contribution is -0.140. The molecule has 0 aromatic rings. The van der Waals surface area contributed by atoms with Crippen molar-refractivity contribution in [2.24, 2.45) is 5.92 Å². The summed E-state index contributed by atoms with van der Waals surface area (Å²) >= 11 is 0. The molecule has 2 heterocycles. The van der Waals surface area contributed by atoms with Crippen molar-refractivity contribution in [3.63, 3.8) is 0 Å². The van der Waals surface area contributed by atoms with Crippen molar-refractivity contribution >= 4 is 12.2 Å². The summed E-state index contributed by atoms with van der Waals surface area (Å²) in [5, 5.41) is 0. The van der Waals surface area contributed by atoms with Crippen molar-refractivity contribution in [1.29, 1.82) is 0 Å². The first-order chi connectivity index (χ1) is 6.87. The molecule has 84 valence electrons. The number of likely N-dealkylation sites (tertiary alicyclic amines) is 1. The Bertz CT molecular complexity index is 330. The number of rotatable bonds is 1. The molecule has 4 nitrogen and oxygen atoms in total. The van der Waals surface area contributed by atoms with Crippen LogP contribution in [0.25, 0.3) is 0 Å². The van der Waals surface area contributed by atoms with Gasteiger partial charge in [-0.1, -0.05) is 0 Å². The number of aldehydes is 1. The smallest absolute Gasteiger partial charge is 0.229 e. The van der Waals surface area contributed by atoms with Gasteiger partial charge in [-0.05, 0) is 27.2 Å². The van der Waals surface area contributed by atoms with Crippen molar-refractivity contribution in [3.05, 3.63) is 0 Å². The van der Waals surface area contributed by atoms with Crippen LogP contribution in [-0.2, 0) is 14.3 Å². The van der Waals surface area contributed by atoms with Gasteiger partial charge in [0.15, 0.2) is 0 Å². The first-order valence-electron chi connectivity index (χ1n) is 5.28. The first-order valence-corrected chi connectivity index (χ1v) is 5.28. The topological polar surface area (TPSA) is 46.6 Å². The van der Waals surface area contributed by atoms with Crippen LogP contribution >= 0.6 is 0 Å². The number of carbonyl (C=O) groups is 2. The molecule has 2 rings (SSSR count). The molecule has 2 aliphatic rings. The van der Waals surface area contributed by atoms with E-state index in [0.717, 1.165) is 6.29 Å². The van der Waals surface area contributed by atoms with Gasteiger partial charge in [0.25, 0.3) is 0 Å². The van der Waals surface area contributed by atoms with E-state index in [1.807, 2.05) is 13.8 Å². The predicted octanol–water partition coefficient (Wildman–Crippen LogP) is 0.600. The maximum absolute atomic E-state index is 12.0. The van der Waals surface area contributed by atoms with Crippen molar-refractivity contribution in [2.45, 2.75) is 44.4 Å². The third-order valence-corrected chi connectivity index (χ3v) is 4.24. The van der Waals surface area contributed by atoms with Gasteiger partial charge >= 0.3 is 0 Å². The summed E-state index contributed by atoms with van der Waals surface area (Å²) in [6.45, 7) is 5.59. The molecule has 0 aromatic carbocycles. The summed E-state index contributed by atoms with van der Waals surface area (Å²) in [5.74, 6) is -0.149. The van der Waals surface area contributed by atoms with Gasteiger partial charge in [-0.15, -0.1) is 0 Å². The van der Waals surface area contributed by atoms with Crippen LogP contribution in [-0.4, -0.2) is 41.4 Å². The molecule has 0 saturated carbocycles. The van der Waals surface area contributed by atoms with E-state index < -0.39 is 11.1 Å². The molecule has 4 heteroatoms. The average Bonchev–Trinajstić information content (AvgIpc) is 2.56. The van der Waals surface area contributed by atoms with Crippen LogP contribution in [0, 0.1) is 5.92 Å². The molecule has 1 amide bonds. The molecule has 0 N–H and O–H groups in total. The average molecular weight is 211 g/mol. The molecule has 4 atom stereocenters. The van der Waals surface area contributed by atoms with Gasteiger partial charge in [0, 0.05) is 7.05 Å². The summed E-state index contributed by atoms with van der Waals surface area (Å²) in [6, 6.07) is 0. The van der Waals surface area contributed by atoms with Crippen molar-refractivity contribution in [1.82, 2.24) is 4.90 Å². The molecule has 2 aliphatic heterocycles. The molecular weight excluding hydrogens is 194 g/mol. The maximum Gasteiger partial charge on any atom is 0.229 e. The van der Waals surface area contributed by atoms with Crippen LogP contribution in [0.2, 0.25) is 0 Å². The molecule has 2 saturated heterocycles. The molecule has 0 radical (unpaired) electrons. The fraction of sp³-hybridized carbons (Fsp3) is 0.818. The summed E-state index contributed by atoms with van der Waals surface area (Å²) in [6.07, 6.45) is 1.60. The van der Waals surface area contributed by atoms with E-state index >= 15 is 0 Å². The number of hydrogen-bond donors (Lipinski definition) is 0. The van der Waals surface area contributed by atoms with Gasteiger partial charge in [0.2, 0.25) is 5.91 Å². The summed E-state index contributed by atoms with van der Waals surface area (Å²) in [4.78, 5) is 24.8. The van der Waals surface area contributed by atoms with E-state index in [1.165, 1.54) is 4.90 Å². The Morgan fingerprint density at radius 3 is 2.67 bits per heavy atom. The van der Waals surface area contributed by atoms with Crippen LogP contribution in [0.4, 0.5) is 0 Å². The van der Waals surface area contributed by atoms with E-state index in [4.69, 9.17) is 4.74 Å². The lowest BCUT2D eigenvalue weighted by atomic mass is 9.79. The molecular formula is C11H17NO3. The summed E-state index contributed by atoms with van der Waals surface area (Å²) in [7, 11) is 1.67. The van der Waals surface area contributed by atoms with Crippen LogP contribution in [0.5, 0.6) is 0 Å². The summed E-state index contributed by atoms with van der Waals surface area (Å²) < 4.78 is 5.83. The predicted molar refractivity (Wildman–Crippen MR) is 54.3 cm³/mol. The zero-order valence-corrected chi connectivity index (χ0v) is 9.61. The Kier molecular flexibility index (Phi) is 1.99. The minimum Gasteiger partial charge on any atom is -0.369 e. The standard InChI is InChI=1S/C11H17NO3/c1-7-5-8-9(14)12(4)10(2,6-13)11(8,3)15-7/h6-8H,5H2,1-4H3. The molecule has 15 heavy (non-hydrogen) atoms. The third-order valence-electron chi connectivity index (χ3n) is 4.24. The number of fused-ring (bicyclic) bond motifs is 1. The zero-order valence-electron chi connectivity index (χ0n) is 9.61. The normalized spacial score (nSPS) is 49.6. The Balaban J connectivity index is 2.50. The molecule has 2 fully saturated rings. The number of carbonyl (C=O) groups excluding carboxylic acids is 2. The zero-order chi connectivity index (χ0) is 11.4. The van der Waals surface area contributed by atoms with Crippen LogP contribution in [0.3, 0.4) is 0 Å². The number of ether oxygens (including phenoxy) is 1. The first kappa shape index (κ1) is 10.6. The van der Waals surface area contributed by atoms with Crippen LogP contribution in [0.1, 0.15) is 27.2 Å². The Morgan fingerprint density at radius 2 is 2.13 bits per heavy atom. The van der Waals surface area contributed by atoms with Gasteiger partial charge in [-0.25, -0.2) is 0 Å². The number of likely N-dealkylation sites (N-methyl/N-ethyl adjacent to an activating group) is 1. The minimum atomic E-state index is -0.834. The molecule has 4 unspecified atom stereocenters. The largest absolute Gasteiger partial charge is 0.369 e. The maximum atomic E-state index is 12.0. The van der Waals surface area contributed by atoms with Gasteiger partial charge in [-0.2, -0.15) is 0 Å². The Morgan fingerprint density at radius 1 is 1.53 bits per heavy atom. The number of amides is 1. The highest BCUT2D eigenvalue weighted by atomic mass is 16.5. The number of hydrogen-bond acceptors (Lipinski definition) is 3. The highest BCUT2D eigenvalue weighted by Crippen LogP contribution is 2.50. The Labute approximate surface area is 89.6 Å². The van der Waals surface area contributed by atoms with E-state index in [0.29, 0.717) is 6.42 Å². The summed E-state index contributed by atoms with van der Waals surface area (Å²) in [5.41, 5.74) is -1.50. The quantitative estimate of drug-likeness (QED) is 0.597. The molecule has 0 bridgehead atoms. The highest BCUT2D eigenvalue weighted by Gasteiger charge is 2.67. The second kappa shape index (κ2) is 2.82. The van der Waals surface area contributed by atoms with Gasteiger partial charge in [0.05, 0.1) is 12.0 Å². The third kappa shape index (κ3) is 1.00. The monoisotopic (exact) mass is 211 g/mol. The Hall–Kier alpha value is -0.900. The lowest BCUT2D eigenvalue weighted by Crippen LogP contribution is -2.56. The number of nitrogens with zero attached hydrogens (tertiary/aromatic N) is 1. The van der Waals surface area contributed by atoms with E-state index in [9.17, 15) is 9.59 Å². The van der Waals surface area contributed by atoms with E-state index in [2.05, 4.69) is 0 Å². The SMILES string of the molecule is CC1CC2C(=O)N(C)C(C)(C=O)C2(C)O1. The van der Waals surface area contributed by atoms with E-state index in [1.54, 1.807) is 14.0 Å². The van der Waals surface area contributed by atoms with Crippen LogP contribution < -0.4 is 0 Å². The van der Waals surface area contributed by atoms with Gasteiger partial charge < -0.3 is 14.4 Å². The minimum absolute atomic E-state index is 0.0245. The highest BCUT2D eigenvalue weighted by molar-refractivity contribution is 5.91. The van der Waals surface area contributed by atoms with E-state index in [-0.39, 0.29) is 17.9 Å². The van der Waals surface area contributed by atoms with Crippen molar-refractivity contribution in [2.75, 3.05) is 7.05 Å². The van der Waals surface area contributed by atoms with Crippen LogP contribution in [0.15, 0.2) is 0 Å². The fourth-order valence-corrected chi connectivity index (χ4v) is 2.91. The van der Waals surface area contributed by atoms with Gasteiger partial charge in [0.1, 0.15) is 17.4 Å². The lowest BCUT2D eigenvalue weighted by Gasteiger charge is -2.38. The van der Waals surface area contributed by atoms with Crippen molar-refractivity contribution < 1.29 is 14.3 Å². The second-order valence-corrected chi connectivity index (χ2v) is 4.99. The molecule has 0 aliphatic carbocycles. The molecule has 0 spiro atoms. The van der Waals surface area contributed by atoms with Gasteiger partial charge in [-0.3, -0.25) is 4.79 Å². The second-order valence-electron chi connectivity index (χ2n) is 4.99. The van der Waals surface area contributed by atoms with Crippen molar-refractivity contribution in [3.8, 4) is 0 Å². The molecule has 0 aromatic heterocycles. The fourth-order valence-electron chi connectivity index (χ4n) is 2.91.